The van der Waals surface area contributed by atoms with E-state index in [1.165, 1.54) is 11.3 Å². The second-order valence-corrected chi connectivity index (χ2v) is 8.56. The number of carbonyl (C=O) groups is 2. The summed E-state index contributed by atoms with van der Waals surface area (Å²) < 4.78 is 13.1. The Hall–Kier alpha value is -3.52. The maximum Gasteiger partial charge on any atom is 0.326 e. The third-order valence-corrected chi connectivity index (χ3v) is 6.11. The molecule has 0 aliphatic heterocycles. The van der Waals surface area contributed by atoms with Gasteiger partial charge in [0.25, 0.3) is 5.91 Å². The zero-order valence-corrected chi connectivity index (χ0v) is 18.8. The fraction of sp³-hybridized carbons (Fsp3) is 0.250. The minimum Gasteiger partial charge on any atom is -0.465 e. The van der Waals surface area contributed by atoms with Crippen molar-refractivity contribution in [2.24, 2.45) is 4.99 Å². The smallest absolute Gasteiger partial charge is 0.326 e. The number of para-hydroxylation sites is 1. The summed E-state index contributed by atoms with van der Waals surface area (Å²) in [5.41, 5.74) is 1.70. The molecule has 0 radical (unpaired) electrons. The normalized spacial score (nSPS) is 12.1. The van der Waals surface area contributed by atoms with Crippen LogP contribution in [0.3, 0.4) is 0 Å². The Morgan fingerprint density at radius 1 is 1.19 bits per heavy atom. The molecule has 0 unspecified atom stereocenters. The predicted octanol–water partition coefficient (Wildman–Crippen LogP) is 4.24. The zero-order valence-electron chi connectivity index (χ0n) is 18.0. The fourth-order valence-corrected chi connectivity index (χ4v) is 4.47. The van der Waals surface area contributed by atoms with Crippen molar-refractivity contribution in [2.45, 2.75) is 33.2 Å². The minimum absolute atomic E-state index is 0.0900. The van der Waals surface area contributed by atoms with E-state index in [-0.39, 0.29) is 18.7 Å². The molecular formula is C24H22N2O5S. The molecule has 0 fully saturated rings. The Kier molecular flexibility index (Phi) is 6.05. The van der Waals surface area contributed by atoms with Crippen LogP contribution < -0.4 is 10.2 Å². The minimum atomic E-state index is -0.724. The van der Waals surface area contributed by atoms with Crippen LogP contribution in [0.1, 0.15) is 42.6 Å². The standard InChI is InChI=1S/C24H22N2O5S/c1-4-30-21(27)12-26-18-10-9-15(14(2)3)11-20(18)32-24(26)25-23(29)17-13-31-19-8-6-5-7-16(19)22(17)28/h5-11,13-14H,4,12H2,1-3H3. The predicted molar refractivity (Wildman–Crippen MR) is 123 cm³/mol. The van der Waals surface area contributed by atoms with E-state index in [0.29, 0.717) is 21.7 Å². The number of fused-ring (bicyclic) bond motifs is 2. The summed E-state index contributed by atoms with van der Waals surface area (Å²) >= 11 is 1.28. The van der Waals surface area contributed by atoms with E-state index in [1.807, 2.05) is 18.2 Å². The number of amides is 1. The Labute approximate surface area is 187 Å². The molecule has 0 aliphatic rings. The van der Waals surface area contributed by atoms with Crippen molar-refractivity contribution in [3.05, 3.63) is 74.9 Å². The maximum atomic E-state index is 12.9. The number of hydrogen-bond donors (Lipinski definition) is 0. The quantitative estimate of drug-likeness (QED) is 0.424. The molecule has 2 heterocycles. The molecule has 164 valence electrons. The molecule has 4 aromatic rings. The summed E-state index contributed by atoms with van der Waals surface area (Å²) in [6.07, 6.45) is 1.14. The summed E-state index contributed by atoms with van der Waals surface area (Å²) in [4.78, 5) is 42.4. The largest absolute Gasteiger partial charge is 0.465 e. The summed E-state index contributed by atoms with van der Waals surface area (Å²) in [5.74, 6) is -0.832. The van der Waals surface area contributed by atoms with Gasteiger partial charge in [0.05, 0.1) is 22.2 Å². The van der Waals surface area contributed by atoms with Crippen LogP contribution in [0.15, 0.2) is 62.9 Å². The van der Waals surface area contributed by atoms with Gasteiger partial charge in [-0.3, -0.25) is 14.4 Å². The third kappa shape index (κ3) is 4.13. The van der Waals surface area contributed by atoms with Crippen molar-refractivity contribution in [3.63, 3.8) is 0 Å². The van der Waals surface area contributed by atoms with Crippen molar-refractivity contribution >= 4 is 44.4 Å². The topological polar surface area (TPSA) is 90.9 Å². The molecule has 4 rings (SSSR count). The van der Waals surface area contributed by atoms with E-state index in [0.717, 1.165) is 22.0 Å². The molecule has 0 atom stereocenters. The first kappa shape index (κ1) is 21.7. The molecule has 2 aromatic carbocycles. The second kappa shape index (κ2) is 8.92. The Balaban J connectivity index is 1.86. The first-order valence-electron chi connectivity index (χ1n) is 10.3. The lowest BCUT2D eigenvalue weighted by Gasteiger charge is -2.07. The Morgan fingerprint density at radius 2 is 1.97 bits per heavy atom. The van der Waals surface area contributed by atoms with E-state index in [9.17, 15) is 14.4 Å². The van der Waals surface area contributed by atoms with E-state index in [1.54, 1.807) is 35.8 Å². The van der Waals surface area contributed by atoms with Crippen LogP contribution in [-0.4, -0.2) is 23.1 Å². The van der Waals surface area contributed by atoms with Crippen molar-refractivity contribution < 1.29 is 18.7 Å². The number of ether oxygens (including phenoxy) is 1. The van der Waals surface area contributed by atoms with Gasteiger partial charge in [0, 0.05) is 0 Å². The highest BCUT2D eigenvalue weighted by molar-refractivity contribution is 7.16. The lowest BCUT2D eigenvalue weighted by atomic mass is 10.0. The molecular weight excluding hydrogens is 428 g/mol. The summed E-state index contributed by atoms with van der Waals surface area (Å²) in [6.45, 7) is 6.08. The molecule has 0 N–H and O–H groups in total. The van der Waals surface area contributed by atoms with Gasteiger partial charge in [0.15, 0.2) is 4.80 Å². The number of thiazole rings is 1. The number of nitrogens with zero attached hydrogens (tertiary/aromatic N) is 2. The number of carbonyl (C=O) groups excluding carboxylic acids is 2. The summed E-state index contributed by atoms with van der Waals surface area (Å²) in [6, 6.07) is 12.6. The molecule has 0 spiro atoms. The summed E-state index contributed by atoms with van der Waals surface area (Å²) in [7, 11) is 0. The van der Waals surface area contributed by atoms with Crippen molar-refractivity contribution in [2.75, 3.05) is 6.61 Å². The second-order valence-electron chi connectivity index (χ2n) is 7.55. The van der Waals surface area contributed by atoms with Gasteiger partial charge in [-0.1, -0.05) is 43.4 Å². The molecule has 2 aromatic heterocycles. The van der Waals surface area contributed by atoms with Crippen LogP contribution in [0, 0.1) is 0 Å². The van der Waals surface area contributed by atoms with Crippen molar-refractivity contribution in [1.29, 1.82) is 0 Å². The number of benzene rings is 2. The number of rotatable bonds is 5. The van der Waals surface area contributed by atoms with Gasteiger partial charge in [-0.25, -0.2) is 0 Å². The lowest BCUT2D eigenvalue weighted by molar-refractivity contribution is -0.143. The van der Waals surface area contributed by atoms with Crippen LogP contribution in [0.5, 0.6) is 0 Å². The highest BCUT2D eigenvalue weighted by Crippen LogP contribution is 2.24. The Morgan fingerprint density at radius 3 is 2.72 bits per heavy atom. The van der Waals surface area contributed by atoms with E-state index in [4.69, 9.17) is 9.15 Å². The van der Waals surface area contributed by atoms with Crippen molar-refractivity contribution in [3.8, 4) is 0 Å². The lowest BCUT2D eigenvalue weighted by Crippen LogP contribution is -2.24. The summed E-state index contributed by atoms with van der Waals surface area (Å²) in [5, 5.41) is 0.311. The van der Waals surface area contributed by atoms with Gasteiger partial charge < -0.3 is 13.7 Å². The van der Waals surface area contributed by atoms with Gasteiger partial charge >= 0.3 is 5.97 Å². The maximum absolute atomic E-state index is 12.9. The third-order valence-electron chi connectivity index (χ3n) is 5.07. The van der Waals surface area contributed by atoms with Gasteiger partial charge in [-0.2, -0.15) is 4.99 Å². The Bertz CT molecular complexity index is 1460. The first-order chi connectivity index (χ1) is 15.4. The number of esters is 1. The van der Waals surface area contributed by atoms with Gasteiger partial charge in [0.1, 0.15) is 24.0 Å². The van der Waals surface area contributed by atoms with Crippen LogP contribution in [0.25, 0.3) is 21.2 Å². The molecule has 0 saturated carbocycles. The van der Waals surface area contributed by atoms with E-state index in [2.05, 4.69) is 18.8 Å². The highest BCUT2D eigenvalue weighted by Gasteiger charge is 2.17. The number of hydrogen-bond acceptors (Lipinski definition) is 6. The van der Waals surface area contributed by atoms with Crippen LogP contribution in [0.4, 0.5) is 0 Å². The molecule has 7 nitrogen and oxygen atoms in total. The number of aromatic nitrogens is 1. The SMILES string of the molecule is CCOC(=O)Cn1c(=NC(=O)c2coc3ccccc3c2=O)sc2cc(C(C)C)ccc21. The van der Waals surface area contributed by atoms with Crippen LogP contribution in [-0.2, 0) is 16.1 Å². The average molecular weight is 451 g/mol. The van der Waals surface area contributed by atoms with Crippen LogP contribution >= 0.6 is 11.3 Å². The van der Waals surface area contributed by atoms with Crippen LogP contribution in [0.2, 0.25) is 0 Å². The van der Waals surface area contributed by atoms with Gasteiger partial charge in [0.2, 0.25) is 5.43 Å². The monoisotopic (exact) mass is 450 g/mol. The average Bonchev–Trinajstić information content (AvgIpc) is 3.10. The van der Waals surface area contributed by atoms with E-state index < -0.39 is 17.3 Å². The highest BCUT2D eigenvalue weighted by atomic mass is 32.1. The molecule has 0 saturated heterocycles. The molecule has 32 heavy (non-hydrogen) atoms. The zero-order chi connectivity index (χ0) is 22.8. The fourth-order valence-electron chi connectivity index (χ4n) is 3.40. The molecule has 0 aliphatic carbocycles. The van der Waals surface area contributed by atoms with Gasteiger partial charge in [-0.05, 0) is 42.7 Å². The van der Waals surface area contributed by atoms with Crippen molar-refractivity contribution in [1.82, 2.24) is 4.57 Å². The molecule has 0 bridgehead atoms. The first-order valence-corrected chi connectivity index (χ1v) is 11.1. The van der Waals surface area contributed by atoms with E-state index >= 15 is 0 Å². The van der Waals surface area contributed by atoms with Gasteiger partial charge in [-0.15, -0.1) is 0 Å². The molecule has 8 heteroatoms. The molecule has 1 amide bonds.